The molecule has 0 spiro atoms. The number of carbonyl (C=O) groups is 2. The molecule has 0 atom stereocenters. The molecule has 9 nitrogen and oxygen atoms in total. The van der Waals surface area contributed by atoms with Crippen LogP contribution in [0.2, 0.25) is 0 Å². The molecule has 1 aliphatic rings. The van der Waals surface area contributed by atoms with Crippen LogP contribution in [-0.2, 0) is 13.1 Å². The molecule has 184 valence electrons. The summed E-state index contributed by atoms with van der Waals surface area (Å²) in [6.07, 6.45) is 12.7. The third kappa shape index (κ3) is 6.95. The van der Waals surface area contributed by atoms with Gasteiger partial charge >= 0.3 is 0 Å². The minimum absolute atomic E-state index is 0.0453. The van der Waals surface area contributed by atoms with Crippen LogP contribution in [0, 0.1) is 0 Å². The van der Waals surface area contributed by atoms with Crippen molar-refractivity contribution in [3.05, 3.63) is 72.1 Å². The molecule has 0 saturated heterocycles. The molecule has 0 fully saturated rings. The molecule has 3 heterocycles. The maximum Gasteiger partial charge on any atom is 0.258 e. The van der Waals surface area contributed by atoms with Crippen molar-refractivity contribution in [2.45, 2.75) is 51.6 Å². The number of nitrogens with zero attached hydrogens (tertiary/aromatic N) is 5. The van der Waals surface area contributed by atoms with Crippen LogP contribution in [0.15, 0.2) is 55.4 Å². The number of aromatic nitrogens is 4. The van der Waals surface area contributed by atoms with E-state index in [1.807, 2.05) is 23.1 Å². The van der Waals surface area contributed by atoms with Crippen molar-refractivity contribution in [2.24, 2.45) is 0 Å². The van der Waals surface area contributed by atoms with Crippen LogP contribution in [0.1, 0.15) is 64.8 Å². The van der Waals surface area contributed by atoms with Crippen LogP contribution in [0.3, 0.4) is 0 Å². The highest BCUT2D eigenvalue weighted by molar-refractivity contribution is 6.06. The second-order valence-electron chi connectivity index (χ2n) is 8.75. The van der Waals surface area contributed by atoms with Crippen molar-refractivity contribution >= 4 is 17.5 Å². The molecular weight excluding hydrogens is 442 g/mol. The molecule has 0 radical (unpaired) electrons. The Hall–Kier alpha value is -3.59. The van der Waals surface area contributed by atoms with Crippen molar-refractivity contribution < 1.29 is 9.59 Å². The minimum Gasteiger partial charge on any atom is -0.352 e. The summed E-state index contributed by atoms with van der Waals surface area (Å²) in [5, 5.41) is 10.6. The van der Waals surface area contributed by atoms with E-state index < -0.39 is 0 Å². The van der Waals surface area contributed by atoms with Crippen molar-refractivity contribution in [1.29, 1.82) is 0 Å². The number of hydrogen-bond acceptors (Lipinski definition) is 6. The third-order valence-electron chi connectivity index (χ3n) is 6.17. The van der Waals surface area contributed by atoms with Gasteiger partial charge < -0.3 is 15.5 Å². The number of aryl methyl sites for hydroxylation is 1. The first-order valence-electron chi connectivity index (χ1n) is 12.4. The van der Waals surface area contributed by atoms with Crippen LogP contribution in [0.25, 0.3) is 0 Å². The topological polar surface area (TPSA) is 105 Å². The highest BCUT2D eigenvalue weighted by Gasteiger charge is 2.21. The summed E-state index contributed by atoms with van der Waals surface area (Å²) in [5.41, 5.74) is 3.00. The molecule has 35 heavy (non-hydrogen) atoms. The normalized spacial score (nSPS) is 14.9. The van der Waals surface area contributed by atoms with Crippen molar-refractivity contribution in [3.8, 4) is 0 Å². The second kappa shape index (κ2) is 12.8. The predicted octanol–water partition coefficient (Wildman–Crippen LogP) is 3.19. The molecule has 2 aromatic heterocycles. The van der Waals surface area contributed by atoms with E-state index in [4.69, 9.17) is 0 Å². The lowest BCUT2D eigenvalue weighted by Gasteiger charge is -2.27. The quantitative estimate of drug-likeness (QED) is 0.531. The predicted molar refractivity (Wildman–Crippen MR) is 134 cm³/mol. The van der Waals surface area contributed by atoms with E-state index in [1.54, 1.807) is 35.5 Å². The van der Waals surface area contributed by atoms with Gasteiger partial charge in [0.1, 0.15) is 12.7 Å². The zero-order chi connectivity index (χ0) is 24.3. The smallest absolute Gasteiger partial charge is 0.258 e. The number of anilines is 1. The van der Waals surface area contributed by atoms with E-state index in [9.17, 15) is 9.59 Å². The summed E-state index contributed by atoms with van der Waals surface area (Å²) < 4.78 is 1.74. The monoisotopic (exact) mass is 475 g/mol. The minimum atomic E-state index is -0.121. The van der Waals surface area contributed by atoms with Gasteiger partial charge in [-0.25, -0.2) is 4.98 Å². The summed E-state index contributed by atoms with van der Waals surface area (Å²) in [5.74, 6) is -0.166. The molecule has 3 aromatic rings. The Morgan fingerprint density at radius 1 is 0.971 bits per heavy atom. The number of rotatable bonds is 6. The number of benzene rings is 1. The average molecular weight is 476 g/mol. The summed E-state index contributed by atoms with van der Waals surface area (Å²) in [4.78, 5) is 36.1. The lowest BCUT2D eigenvalue weighted by molar-refractivity contribution is 0.0951. The number of pyridine rings is 1. The molecule has 0 aliphatic carbocycles. The fourth-order valence-electron chi connectivity index (χ4n) is 4.28. The summed E-state index contributed by atoms with van der Waals surface area (Å²) in [6.45, 7) is 3.39. The number of nitrogens with one attached hydrogen (secondary N) is 2. The molecule has 2 amide bonds. The Morgan fingerprint density at radius 2 is 1.80 bits per heavy atom. The van der Waals surface area contributed by atoms with Crippen LogP contribution in [0.4, 0.5) is 5.69 Å². The lowest BCUT2D eigenvalue weighted by Crippen LogP contribution is -2.34. The lowest BCUT2D eigenvalue weighted by atomic mass is 10.0. The van der Waals surface area contributed by atoms with Gasteiger partial charge in [-0.2, -0.15) is 5.10 Å². The first-order chi connectivity index (χ1) is 17.2. The Balaban J connectivity index is 1.52. The molecular formula is C26H33N7O2. The van der Waals surface area contributed by atoms with E-state index in [2.05, 4.69) is 25.7 Å². The van der Waals surface area contributed by atoms with Crippen LogP contribution >= 0.6 is 0 Å². The highest BCUT2D eigenvalue weighted by Crippen LogP contribution is 2.26. The van der Waals surface area contributed by atoms with E-state index in [1.165, 1.54) is 19.2 Å². The first-order valence-corrected chi connectivity index (χ1v) is 12.4. The van der Waals surface area contributed by atoms with Gasteiger partial charge in [-0.05, 0) is 61.7 Å². The molecule has 0 bridgehead atoms. The zero-order valence-corrected chi connectivity index (χ0v) is 20.0. The van der Waals surface area contributed by atoms with Gasteiger partial charge in [0.25, 0.3) is 11.8 Å². The van der Waals surface area contributed by atoms with E-state index >= 15 is 0 Å². The van der Waals surface area contributed by atoms with Crippen LogP contribution in [0.5, 0.6) is 0 Å². The van der Waals surface area contributed by atoms with Gasteiger partial charge in [0.05, 0.1) is 0 Å². The zero-order valence-electron chi connectivity index (χ0n) is 20.0. The van der Waals surface area contributed by atoms with E-state index in [0.29, 0.717) is 37.3 Å². The summed E-state index contributed by atoms with van der Waals surface area (Å²) in [7, 11) is 0. The molecule has 0 saturated carbocycles. The molecule has 0 unspecified atom stereocenters. The van der Waals surface area contributed by atoms with Gasteiger partial charge in [-0.3, -0.25) is 19.3 Å². The maximum atomic E-state index is 13.5. The Labute approximate surface area is 206 Å². The molecule has 1 aromatic carbocycles. The fourth-order valence-corrected chi connectivity index (χ4v) is 4.28. The Kier molecular flexibility index (Phi) is 8.94. The van der Waals surface area contributed by atoms with E-state index in [-0.39, 0.29) is 11.8 Å². The number of fused-ring (bicyclic) bond motifs is 1. The van der Waals surface area contributed by atoms with Gasteiger partial charge in [0.2, 0.25) is 0 Å². The van der Waals surface area contributed by atoms with Gasteiger partial charge in [-0.1, -0.05) is 19.3 Å². The first kappa shape index (κ1) is 24.5. The van der Waals surface area contributed by atoms with E-state index in [0.717, 1.165) is 43.5 Å². The third-order valence-corrected chi connectivity index (χ3v) is 6.17. The fraction of sp³-hybridized carbons (Fsp3) is 0.423. The van der Waals surface area contributed by atoms with Gasteiger partial charge in [-0.15, -0.1) is 0 Å². The SMILES string of the molecule is O=C(NCCCn1cncn1)c1ccc2c(c1)CNCCCCCCCN2C(=O)c1ccncc1. The molecule has 1 aliphatic heterocycles. The number of hydrogen-bond donors (Lipinski definition) is 2. The standard InChI is InChI=1S/C26H33N7O2/c34-25(30-12-6-15-32-20-29-19-31-32)22-7-8-24-23(17-22)18-28-11-4-2-1-3-5-16-33(24)26(35)21-9-13-27-14-10-21/h7-10,13-14,17,19-20,28H,1-6,11-12,15-16,18H2,(H,30,34). The number of carbonyl (C=O) groups excluding carboxylic acids is 2. The Morgan fingerprint density at radius 3 is 2.63 bits per heavy atom. The maximum absolute atomic E-state index is 13.5. The largest absolute Gasteiger partial charge is 0.352 e. The molecule has 2 N–H and O–H groups in total. The summed E-state index contributed by atoms with van der Waals surface area (Å²) >= 11 is 0. The van der Waals surface area contributed by atoms with Crippen LogP contribution < -0.4 is 15.5 Å². The van der Waals surface area contributed by atoms with Crippen molar-refractivity contribution in [2.75, 3.05) is 24.5 Å². The van der Waals surface area contributed by atoms with Gasteiger partial charge in [0, 0.05) is 55.4 Å². The van der Waals surface area contributed by atoms with Crippen molar-refractivity contribution in [1.82, 2.24) is 30.4 Å². The molecule has 4 rings (SSSR count). The van der Waals surface area contributed by atoms with Gasteiger partial charge in [0.15, 0.2) is 0 Å². The van der Waals surface area contributed by atoms with Crippen molar-refractivity contribution in [3.63, 3.8) is 0 Å². The second-order valence-corrected chi connectivity index (χ2v) is 8.75. The average Bonchev–Trinajstić information content (AvgIpc) is 3.41. The van der Waals surface area contributed by atoms with Crippen LogP contribution in [-0.4, -0.2) is 51.2 Å². The summed E-state index contributed by atoms with van der Waals surface area (Å²) in [6, 6.07) is 9.12. The Bertz CT molecular complexity index is 1090. The number of amides is 2. The highest BCUT2D eigenvalue weighted by atomic mass is 16.2. The molecule has 9 heteroatoms.